The fraction of sp³-hybridized carbons (Fsp3) is 0.250. The van der Waals surface area contributed by atoms with Gasteiger partial charge in [0.05, 0.1) is 5.02 Å². The smallest absolute Gasteiger partial charge is 0.142 e. The van der Waals surface area contributed by atoms with Gasteiger partial charge in [0.25, 0.3) is 0 Å². The van der Waals surface area contributed by atoms with Crippen LogP contribution in [0, 0.1) is 11.6 Å². The fourth-order valence-electron chi connectivity index (χ4n) is 2.25. The predicted molar refractivity (Wildman–Crippen MR) is 82.8 cm³/mol. The number of halogens is 4. The van der Waals surface area contributed by atoms with Gasteiger partial charge in [-0.3, -0.25) is 0 Å². The molecule has 2 atom stereocenters. The molecular weight excluding hydrogens is 315 g/mol. The van der Waals surface area contributed by atoms with Crippen LogP contribution >= 0.6 is 23.2 Å². The minimum Gasteiger partial charge on any atom is -0.303 e. The number of nitrogens with one attached hydrogen (secondary N) is 1. The van der Waals surface area contributed by atoms with Crippen molar-refractivity contribution in [1.82, 2.24) is 5.32 Å². The van der Waals surface area contributed by atoms with E-state index in [2.05, 4.69) is 5.32 Å². The lowest BCUT2D eigenvalue weighted by Gasteiger charge is -2.22. The Labute approximate surface area is 132 Å². The van der Waals surface area contributed by atoms with E-state index in [0.717, 1.165) is 0 Å². The Balaban J connectivity index is 2.20. The van der Waals surface area contributed by atoms with Gasteiger partial charge in [-0.25, -0.2) is 8.78 Å². The van der Waals surface area contributed by atoms with Crippen molar-refractivity contribution in [3.8, 4) is 0 Å². The maximum Gasteiger partial charge on any atom is 0.142 e. The Hall–Kier alpha value is -1.16. The molecule has 21 heavy (non-hydrogen) atoms. The molecule has 0 fully saturated rings. The number of rotatable bonds is 4. The summed E-state index contributed by atoms with van der Waals surface area (Å²) >= 11 is 11.8. The molecule has 2 rings (SSSR count). The average molecular weight is 330 g/mol. The molecule has 2 unspecified atom stereocenters. The lowest BCUT2D eigenvalue weighted by Crippen LogP contribution is -2.23. The molecule has 0 aliphatic rings. The standard InChI is InChI=1S/C16H15Cl2F2N/c1-9(11-5-3-4-6-15(11)19)21-10(2)12-7-16(20)14(18)8-13(12)17/h3-10,21H,1-2H3. The van der Waals surface area contributed by atoms with Gasteiger partial charge in [0, 0.05) is 22.7 Å². The first-order valence-corrected chi connectivity index (χ1v) is 7.30. The highest BCUT2D eigenvalue weighted by atomic mass is 35.5. The lowest BCUT2D eigenvalue weighted by atomic mass is 10.0. The van der Waals surface area contributed by atoms with Gasteiger partial charge in [0.1, 0.15) is 11.6 Å². The van der Waals surface area contributed by atoms with E-state index in [1.165, 1.54) is 18.2 Å². The van der Waals surface area contributed by atoms with E-state index in [1.54, 1.807) is 18.2 Å². The molecule has 0 saturated carbocycles. The second-order valence-corrected chi connectivity index (χ2v) is 5.73. The molecule has 0 bridgehead atoms. The molecule has 0 heterocycles. The molecule has 0 amide bonds. The molecule has 0 radical (unpaired) electrons. The van der Waals surface area contributed by atoms with Gasteiger partial charge >= 0.3 is 0 Å². The molecule has 2 aromatic carbocycles. The van der Waals surface area contributed by atoms with Crippen molar-refractivity contribution < 1.29 is 8.78 Å². The summed E-state index contributed by atoms with van der Waals surface area (Å²) in [5, 5.41) is 3.57. The van der Waals surface area contributed by atoms with Crippen LogP contribution in [0.25, 0.3) is 0 Å². The van der Waals surface area contributed by atoms with Crippen molar-refractivity contribution in [3.05, 3.63) is 69.2 Å². The summed E-state index contributed by atoms with van der Waals surface area (Å²) in [5.74, 6) is -0.804. The highest BCUT2D eigenvalue weighted by Gasteiger charge is 2.17. The Morgan fingerprint density at radius 1 is 0.857 bits per heavy atom. The summed E-state index contributed by atoms with van der Waals surface area (Å²) < 4.78 is 27.3. The van der Waals surface area contributed by atoms with Crippen molar-refractivity contribution in [2.45, 2.75) is 25.9 Å². The van der Waals surface area contributed by atoms with Crippen LogP contribution in [0.1, 0.15) is 37.1 Å². The SMILES string of the molecule is CC(NC(C)c1cc(F)c(Cl)cc1Cl)c1ccccc1F. The number of hydrogen-bond acceptors (Lipinski definition) is 1. The normalized spacial score (nSPS) is 14.0. The van der Waals surface area contributed by atoms with E-state index in [4.69, 9.17) is 23.2 Å². The summed E-state index contributed by atoms with van der Waals surface area (Å²) in [6.07, 6.45) is 0. The highest BCUT2D eigenvalue weighted by Crippen LogP contribution is 2.30. The molecular formula is C16H15Cl2F2N. The van der Waals surface area contributed by atoms with Crippen molar-refractivity contribution in [1.29, 1.82) is 0 Å². The topological polar surface area (TPSA) is 12.0 Å². The molecule has 0 aliphatic carbocycles. The summed E-state index contributed by atoms with van der Waals surface area (Å²) in [7, 11) is 0. The van der Waals surface area contributed by atoms with Gasteiger partial charge < -0.3 is 5.32 Å². The van der Waals surface area contributed by atoms with Crippen LogP contribution in [0.2, 0.25) is 10.0 Å². The monoisotopic (exact) mass is 329 g/mol. The van der Waals surface area contributed by atoms with E-state index in [0.29, 0.717) is 16.1 Å². The Morgan fingerprint density at radius 2 is 1.48 bits per heavy atom. The van der Waals surface area contributed by atoms with Crippen molar-refractivity contribution >= 4 is 23.2 Å². The summed E-state index contributed by atoms with van der Waals surface area (Å²) in [5.41, 5.74) is 1.14. The van der Waals surface area contributed by atoms with E-state index >= 15 is 0 Å². The van der Waals surface area contributed by atoms with Crippen molar-refractivity contribution in [2.75, 3.05) is 0 Å². The third kappa shape index (κ3) is 3.73. The molecule has 0 spiro atoms. The summed E-state index contributed by atoms with van der Waals surface area (Å²) in [6, 6.07) is 8.72. The summed E-state index contributed by atoms with van der Waals surface area (Å²) in [4.78, 5) is 0. The zero-order chi connectivity index (χ0) is 15.6. The zero-order valence-corrected chi connectivity index (χ0v) is 13.1. The Bertz CT molecular complexity index is 646. The molecule has 0 aromatic heterocycles. The van der Waals surface area contributed by atoms with Gasteiger partial charge in [-0.2, -0.15) is 0 Å². The van der Waals surface area contributed by atoms with Gasteiger partial charge in [0.2, 0.25) is 0 Å². The molecule has 2 aromatic rings. The van der Waals surface area contributed by atoms with E-state index in [-0.39, 0.29) is 22.9 Å². The zero-order valence-electron chi connectivity index (χ0n) is 11.6. The fourth-order valence-corrected chi connectivity index (χ4v) is 2.80. The highest BCUT2D eigenvalue weighted by molar-refractivity contribution is 6.35. The van der Waals surface area contributed by atoms with Crippen LogP contribution in [0.5, 0.6) is 0 Å². The van der Waals surface area contributed by atoms with Gasteiger partial charge in [-0.15, -0.1) is 0 Å². The first-order valence-electron chi connectivity index (χ1n) is 6.55. The van der Waals surface area contributed by atoms with Crippen LogP contribution < -0.4 is 5.32 Å². The van der Waals surface area contributed by atoms with Crippen LogP contribution in [0.4, 0.5) is 8.78 Å². The molecule has 0 saturated heterocycles. The van der Waals surface area contributed by atoms with Crippen LogP contribution in [-0.4, -0.2) is 0 Å². The predicted octanol–water partition coefficient (Wildman–Crippen LogP) is 5.68. The lowest BCUT2D eigenvalue weighted by molar-refractivity contribution is 0.472. The molecule has 5 heteroatoms. The van der Waals surface area contributed by atoms with E-state index in [9.17, 15) is 8.78 Å². The maximum atomic E-state index is 13.7. The second-order valence-electron chi connectivity index (χ2n) is 4.92. The first kappa shape index (κ1) is 16.2. The quantitative estimate of drug-likeness (QED) is 0.711. The third-order valence-corrected chi connectivity index (χ3v) is 3.99. The number of benzene rings is 2. The van der Waals surface area contributed by atoms with Crippen molar-refractivity contribution in [2.24, 2.45) is 0 Å². The Kier molecular flexibility index (Phi) is 5.20. The minimum atomic E-state index is -0.525. The van der Waals surface area contributed by atoms with Gasteiger partial charge in [0.15, 0.2) is 0 Å². The average Bonchev–Trinajstić information content (AvgIpc) is 2.43. The van der Waals surface area contributed by atoms with Gasteiger partial charge in [-0.1, -0.05) is 41.4 Å². The summed E-state index contributed by atoms with van der Waals surface area (Å²) in [6.45, 7) is 3.68. The number of hydrogen-bond donors (Lipinski definition) is 1. The largest absolute Gasteiger partial charge is 0.303 e. The van der Waals surface area contributed by atoms with E-state index in [1.807, 2.05) is 13.8 Å². The molecule has 112 valence electrons. The van der Waals surface area contributed by atoms with Gasteiger partial charge in [-0.05, 0) is 37.6 Å². The molecule has 0 aliphatic heterocycles. The second kappa shape index (κ2) is 6.73. The maximum absolute atomic E-state index is 13.7. The van der Waals surface area contributed by atoms with Crippen LogP contribution in [-0.2, 0) is 0 Å². The van der Waals surface area contributed by atoms with Crippen molar-refractivity contribution in [3.63, 3.8) is 0 Å². The third-order valence-electron chi connectivity index (χ3n) is 3.38. The van der Waals surface area contributed by atoms with E-state index < -0.39 is 5.82 Å². The molecule has 1 nitrogen and oxygen atoms in total. The van der Waals surface area contributed by atoms with Crippen LogP contribution in [0.15, 0.2) is 36.4 Å². The minimum absolute atomic E-state index is 0.0156. The Morgan fingerprint density at radius 3 is 2.14 bits per heavy atom. The first-order chi connectivity index (χ1) is 9.90. The molecule has 1 N–H and O–H groups in total. The van der Waals surface area contributed by atoms with Crippen LogP contribution in [0.3, 0.4) is 0 Å².